The van der Waals surface area contributed by atoms with Gasteiger partial charge in [0, 0.05) is 13.0 Å². The van der Waals surface area contributed by atoms with Crippen molar-refractivity contribution in [3.8, 4) is 11.5 Å². The Kier molecular flexibility index (Phi) is 5.95. The lowest BCUT2D eigenvalue weighted by molar-refractivity contribution is -0.121. The van der Waals surface area contributed by atoms with Gasteiger partial charge in [-0.25, -0.2) is 9.67 Å². The highest BCUT2D eigenvalue weighted by Crippen LogP contribution is 2.28. The lowest BCUT2D eigenvalue weighted by atomic mass is 10.1. The van der Waals surface area contributed by atoms with E-state index in [9.17, 15) is 4.79 Å². The van der Waals surface area contributed by atoms with E-state index >= 15 is 0 Å². The molecule has 0 spiro atoms. The highest BCUT2D eigenvalue weighted by atomic mass is 16.5. The zero-order valence-corrected chi connectivity index (χ0v) is 16.1. The molecule has 1 amide bonds. The summed E-state index contributed by atoms with van der Waals surface area (Å²) < 4.78 is 12.2. The van der Waals surface area contributed by atoms with Crippen LogP contribution in [0.4, 0.5) is 0 Å². The molecule has 1 aliphatic rings. The predicted molar refractivity (Wildman–Crippen MR) is 101 cm³/mol. The van der Waals surface area contributed by atoms with E-state index in [-0.39, 0.29) is 18.5 Å². The number of benzene rings is 1. The maximum atomic E-state index is 12.2. The number of carbonyl (C=O) groups is 1. The Balaban J connectivity index is 1.72. The molecule has 1 fully saturated rings. The van der Waals surface area contributed by atoms with E-state index in [1.54, 1.807) is 18.9 Å². The van der Waals surface area contributed by atoms with Crippen LogP contribution in [0, 0.1) is 5.92 Å². The monoisotopic (exact) mass is 373 g/mol. The Bertz CT molecular complexity index is 799. The van der Waals surface area contributed by atoms with Crippen LogP contribution in [-0.2, 0) is 17.8 Å². The second-order valence-corrected chi connectivity index (χ2v) is 6.95. The van der Waals surface area contributed by atoms with Crippen molar-refractivity contribution in [2.45, 2.75) is 38.8 Å². The Morgan fingerprint density at radius 1 is 1.33 bits per heavy atom. The van der Waals surface area contributed by atoms with E-state index in [0.717, 1.165) is 12.1 Å². The molecule has 2 aromatic rings. The summed E-state index contributed by atoms with van der Waals surface area (Å²) in [6.07, 6.45) is 2.91. The molecule has 3 N–H and O–H groups in total. The van der Waals surface area contributed by atoms with Gasteiger partial charge in [-0.1, -0.05) is 6.07 Å². The quantitative estimate of drug-likeness (QED) is 0.689. The van der Waals surface area contributed by atoms with Gasteiger partial charge in [-0.15, -0.1) is 0 Å². The van der Waals surface area contributed by atoms with Gasteiger partial charge in [-0.2, -0.15) is 5.10 Å². The van der Waals surface area contributed by atoms with Crippen molar-refractivity contribution in [3.05, 3.63) is 35.4 Å². The number of carbonyl (C=O) groups excluding carboxylic acids is 1. The molecule has 27 heavy (non-hydrogen) atoms. The van der Waals surface area contributed by atoms with E-state index in [4.69, 9.17) is 15.2 Å². The fourth-order valence-electron chi connectivity index (χ4n) is 2.88. The maximum Gasteiger partial charge on any atom is 0.241 e. The summed E-state index contributed by atoms with van der Waals surface area (Å²) in [4.78, 5) is 16.7. The topological polar surface area (TPSA) is 104 Å². The van der Waals surface area contributed by atoms with Crippen LogP contribution in [0.3, 0.4) is 0 Å². The van der Waals surface area contributed by atoms with Crippen molar-refractivity contribution in [1.82, 2.24) is 20.1 Å². The van der Waals surface area contributed by atoms with Crippen molar-refractivity contribution in [1.29, 1.82) is 0 Å². The molecule has 1 heterocycles. The van der Waals surface area contributed by atoms with Gasteiger partial charge in [-0.3, -0.25) is 4.79 Å². The van der Waals surface area contributed by atoms with Crippen molar-refractivity contribution in [2.75, 3.05) is 20.8 Å². The standard InChI is InChI=1S/C19H27N5O3/c1-12(20)19-22-17(9-14-6-7-15(26-2)16(8-14)27-3)23-24(19)11-18(25)21-10-13-4-5-13/h6-8,12-13H,4-5,9-11,20H2,1-3H3,(H,21,25)/t12-/m1/s1. The number of hydrogen-bond donors (Lipinski definition) is 2. The first-order valence-corrected chi connectivity index (χ1v) is 9.17. The second-order valence-electron chi connectivity index (χ2n) is 6.95. The zero-order chi connectivity index (χ0) is 19.4. The van der Waals surface area contributed by atoms with E-state index in [0.29, 0.717) is 35.5 Å². The first-order valence-electron chi connectivity index (χ1n) is 9.17. The van der Waals surface area contributed by atoms with Gasteiger partial charge in [0.2, 0.25) is 5.91 Å². The predicted octanol–water partition coefficient (Wildman–Crippen LogP) is 1.43. The number of aromatic nitrogens is 3. The molecule has 1 aliphatic carbocycles. The number of hydrogen-bond acceptors (Lipinski definition) is 6. The summed E-state index contributed by atoms with van der Waals surface area (Å²) in [5.41, 5.74) is 7.01. The minimum atomic E-state index is -0.312. The summed E-state index contributed by atoms with van der Waals surface area (Å²) in [7, 11) is 3.20. The molecule has 0 bridgehead atoms. The molecule has 8 heteroatoms. The van der Waals surface area contributed by atoms with Gasteiger partial charge >= 0.3 is 0 Å². The summed E-state index contributed by atoms with van der Waals surface area (Å²) in [6.45, 7) is 2.70. The number of amides is 1. The fourth-order valence-corrected chi connectivity index (χ4v) is 2.88. The summed E-state index contributed by atoms with van der Waals surface area (Å²) >= 11 is 0. The largest absolute Gasteiger partial charge is 0.493 e. The minimum Gasteiger partial charge on any atom is -0.493 e. The molecule has 8 nitrogen and oxygen atoms in total. The average Bonchev–Trinajstić information content (AvgIpc) is 3.40. The Labute approximate surface area is 159 Å². The third kappa shape index (κ3) is 4.97. The number of methoxy groups -OCH3 is 2. The number of nitrogens with zero attached hydrogens (tertiary/aromatic N) is 3. The van der Waals surface area contributed by atoms with Crippen molar-refractivity contribution >= 4 is 5.91 Å². The second kappa shape index (κ2) is 8.39. The normalized spacial score (nSPS) is 14.7. The first-order chi connectivity index (χ1) is 13.0. The Hall–Kier alpha value is -2.61. The SMILES string of the molecule is COc1ccc(Cc2nc([C@@H](C)N)n(CC(=O)NCC3CC3)n2)cc1OC. The molecule has 0 radical (unpaired) electrons. The summed E-state index contributed by atoms with van der Waals surface area (Å²) in [5, 5.41) is 7.45. The van der Waals surface area contributed by atoms with Crippen molar-refractivity contribution < 1.29 is 14.3 Å². The smallest absolute Gasteiger partial charge is 0.241 e. The molecule has 1 atom stereocenters. The highest BCUT2D eigenvalue weighted by molar-refractivity contribution is 5.75. The van der Waals surface area contributed by atoms with Crippen LogP contribution in [0.2, 0.25) is 0 Å². The van der Waals surface area contributed by atoms with Crippen LogP contribution in [0.5, 0.6) is 11.5 Å². The minimum absolute atomic E-state index is 0.0635. The number of rotatable bonds is 9. The average molecular weight is 373 g/mol. The number of ether oxygens (including phenoxy) is 2. The molecule has 146 valence electrons. The van der Waals surface area contributed by atoms with Gasteiger partial charge in [0.05, 0.1) is 20.3 Å². The van der Waals surface area contributed by atoms with E-state index in [1.165, 1.54) is 12.8 Å². The van der Waals surface area contributed by atoms with Crippen LogP contribution >= 0.6 is 0 Å². The molecule has 1 saturated carbocycles. The highest BCUT2D eigenvalue weighted by Gasteiger charge is 2.22. The molecular formula is C19H27N5O3. The molecule has 0 aliphatic heterocycles. The Morgan fingerprint density at radius 3 is 2.70 bits per heavy atom. The first kappa shape index (κ1) is 19.2. The van der Waals surface area contributed by atoms with Crippen LogP contribution in [0.15, 0.2) is 18.2 Å². The number of nitrogens with two attached hydrogens (primary N) is 1. The lowest BCUT2D eigenvalue weighted by Gasteiger charge is -2.08. The van der Waals surface area contributed by atoms with Crippen molar-refractivity contribution in [2.24, 2.45) is 11.7 Å². The van der Waals surface area contributed by atoms with E-state index < -0.39 is 0 Å². The molecule has 0 unspecified atom stereocenters. The molecule has 1 aromatic heterocycles. The fraction of sp³-hybridized carbons (Fsp3) is 0.526. The summed E-state index contributed by atoms with van der Waals surface area (Å²) in [5.74, 6) is 3.12. The van der Waals surface area contributed by atoms with Crippen LogP contribution in [0.25, 0.3) is 0 Å². The third-order valence-electron chi connectivity index (χ3n) is 4.54. The lowest BCUT2D eigenvalue weighted by Crippen LogP contribution is -2.31. The van der Waals surface area contributed by atoms with Gasteiger partial charge < -0.3 is 20.5 Å². The molecular weight excluding hydrogens is 346 g/mol. The summed E-state index contributed by atoms with van der Waals surface area (Å²) in [6, 6.07) is 5.37. The van der Waals surface area contributed by atoms with Crippen LogP contribution in [-0.4, -0.2) is 41.4 Å². The van der Waals surface area contributed by atoms with Gasteiger partial charge in [-0.05, 0) is 43.4 Å². The van der Waals surface area contributed by atoms with E-state index in [2.05, 4.69) is 15.4 Å². The van der Waals surface area contributed by atoms with Crippen LogP contribution in [0.1, 0.15) is 43.0 Å². The Morgan fingerprint density at radius 2 is 2.07 bits per heavy atom. The third-order valence-corrected chi connectivity index (χ3v) is 4.54. The van der Waals surface area contributed by atoms with Gasteiger partial charge in [0.15, 0.2) is 17.3 Å². The van der Waals surface area contributed by atoms with Gasteiger partial charge in [0.25, 0.3) is 0 Å². The molecule has 3 rings (SSSR count). The number of nitrogens with one attached hydrogen (secondary N) is 1. The van der Waals surface area contributed by atoms with Crippen molar-refractivity contribution in [3.63, 3.8) is 0 Å². The van der Waals surface area contributed by atoms with Gasteiger partial charge in [0.1, 0.15) is 12.4 Å². The zero-order valence-electron chi connectivity index (χ0n) is 16.1. The molecule has 1 aromatic carbocycles. The van der Waals surface area contributed by atoms with E-state index in [1.807, 2.05) is 25.1 Å². The maximum absolute atomic E-state index is 12.2. The molecule has 0 saturated heterocycles. The van der Waals surface area contributed by atoms with Crippen LogP contribution < -0.4 is 20.5 Å².